The minimum absolute atomic E-state index is 0.00292. The lowest BCUT2D eigenvalue weighted by molar-refractivity contribution is -0.120. The van der Waals surface area contributed by atoms with Crippen LogP contribution in [0.3, 0.4) is 0 Å². The van der Waals surface area contributed by atoms with Gasteiger partial charge >= 0.3 is 0 Å². The second-order valence-electron chi connectivity index (χ2n) is 17.2. The molecule has 4 aromatic carbocycles. The summed E-state index contributed by atoms with van der Waals surface area (Å²) in [5, 5.41) is 12.7. The quantitative estimate of drug-likeness (QED) is 0.130. The van der Waals surface area contributed by atoms with Crippen LogP contribution in [-0.2, 0) is 22.6 Å². The Morgan fingerprint density at radius 2 is 1.77 bits per heavy atom. The van der Waals surface area contributed by atoms with Crippen molar-refractivity contribution in [3.05, 3.63) is 112 Å². The summed E-state index contributed by atoms with van der Waals surface area (Å²) in [6.45, 7) is 6.82. The van der Waals surface area contributed by atoms with Crippen molar-refractivity contribution in [2.45, 2.75) is 69.4 Å². The molecule has 3 atom stereocenters. The molecule has 2 fully saturated rings. The Hall–Kier alpha value is -5.62. The van der Waals surface area contributed by atoms with Gasteiger partial charge in [-0.2, -0.15) is 0 Å². The first-order chi connectivity index (χ1) is 29.6. The second-order valence-corrected chi connectivity index (χ2v) is 17.2. The van der Waals surface area contributed by atoms with Crippen molar-refractivity contribution in [2.75, 3.05) is 76.9 Å². The van der Waals surface area contributed by atoms with Gasteiger partial charge < -0.3 is 39.4 Å². The number of phenols is 1. The number of unbranched alkanes of at least 4 members (excludes halogenated alkanes) is 1. The Labute approximate surface area is 358 Å². The number of ether oxygens (including phenoxy) is 2. The highest BCUT2D eigenvalue weighted by Gasteiger charge is 2.38. The predicted octanol–water partition coefficient (Wildman–Crippen LogP) is 6.89. The van der Waals surface area contributed by atoms with Gasteiger partial charge in [0.05, 0.1) is 24.5 Å². The van der Waals surface area contributed by atoms with E-state index in [2.05, 4.69) is 50.3 Å². The number of aldehydes is 1. The van der Waals surface area contributed by atoms with Gasteiger partial charge in [-0.3, -0.25) is 14.5 Å². The minimum atomic E-state index is -0.206. The number of amides is 2. The Kier molecular flexibility index (Phi) is 12.8. The molecule has 5 aliphatic rings. The van der Waals surface area contributed by atoms with Gasteiger partial charge in [-0.25, -0.2) is 4.39 Å². The molecule has 1 aliphatic carbocycles. The number of aryl methyl sites for hydroxylation is 1. The third-order valence-electron chi connectivity index (χ3n) is 13.4. The van der Waals surface area contributed by atoms with Crippen LogP contribution in [0.15, 0.2) is 72.8 Å². The van der Waals surface area contributed by atoms with Crippen LogP contribution in [0.1, 0.15) is 88.5 Å². The third kappa shape index (κ3) is 8.91. The zero-order chi connectivity index (χ0) is 42.6. The summed E-state index contributed by atoms with van der Waals surface area (Å²) in [5.41, 5.74) is 7.93. The zero-order valence-electron chi connectivity index (χ0n) is 35.6. The number of benzene rings is 4. The Bertz CT molecular complexity index is 2230. The average molecular weight is 832 g/mol. The molecule has 0 saturated carbocycles. The largest absolute Gasteiger partial charge is 0.508 e. The van der Waals surface area contributed by atoms with Gasteiger partial charge in [-0.05, 0) is 96.5 Å². The SMILES string of the molecule is CNC(=O)CCCC=O.COc1cc(N2CCC(CN3CCN4c5cc6c(cc5OCC4C3)C(=O)N(C)C6)CC2)c(F)cc1C1c2ccc(O)cc2CCC1c1ccccc1. The van der Waals surface area contributed by atoms with E-state index in [9.17, 15) is 19.5 Å². The molecule has 4 aliphatic heterocycles. The predicted molar refractivity (Wildman–Crippen MR) is 235 cm³/mol. The Balaban J connectivity index is 0.000000515. The number of carbonyl (C=O) groups excluding carboxylic acids is 3. The fourth-order valence-corrected chi connectivity index (χ4v) is 10.2. The van der Waals surface area contributed by atoms with Gasteiger partial charge in [0.1, 0.15) is 36.0 Å². The van der Waals surface area contributed by atoms with Crippen molar-refractivity contribution in [3.8, 4) is 17.2 Å². The molecule has 3 unspecified atom stereocenters. The number of piperidine rings is 1. The fourth-order valence-electron chi connectivity index (χ4n) is 10.2. The molecule has 2 N–H and O–H groups in total. The maximum Gasteiger partial charge on any atom is 0.254 e. The van der Waals surface area contributed by atoms with Crippen molar-refractivity contribution in [3.63, 3.8) is 0 Å². The van der Waals surface area contributed by atoms with Crippen molar-refractivity contribution in [2.24, 2.45) is 5.92 Å². The van der Waals surface area contributed by atoms with Crippen molar-refractivity contribution >= 4 is 29.5 Å². The van der Waals surface area contributed by atoms with E-state index in [4.69, 9.17) is 9.47 Å². The molecule has 0 bridgehead atoms. The fraction of sp³-hybridized carbons (Fsp3) is 0.449. The summed E-state index contributed by atoms with van der Waals surface area (Å²) < 4.78 is 28.6. The molecule has 9 rings (SSSR count). The zero-order valence-corrected chi connectivity index (χ0v) is 35.6. The lowest BCUT2D eigenvalue weighted by atomic mass is 9.69. The molecule has 61 heavy (non-hydrogen) atoms. The number of halogens is 1. The van der Waals surface area contributed by atoms with Gasteiger partial charge in [-0.1, -0.05) is 36.4 Å². The van der Waals surface area contributed by atoms with E-state index in [-0.39, 0.29) is 41.3 Å². The summed E-state index contributed by atoms with van der Waals surface area (Å²) >= 11 is 0. The monoisotopic (exact) mass is 831 g/mol. The van der Waals surface area contributed by atoms with E-state index in [1.807, 2.05) is 37.4 Å². The number of anilines is 2. The van der Waals surface area contributed by atoms with E-state index >= 15 is 4.39 Å². The Morgan fingerprint density at radius 3 is 2.52 bits per heavy atom. The molecule has 0 radical (unpaired) electrons. The van der Waals surface area contributed by atoms with Gasteiger partial charge in [0.25, 0.3) is 5.91 Å². The van der Waals surface area contributed by atoms with Crippen molar-refractivity contribution in [1.29, 1.82) is 0 Å². The number of methoxy groups -OCH3 is 1. The molecular weight excluding hydrogens is 774 g/mol. The summed E-state index contributed by atoms with van der Waals surface area (Å²) in [6, 6.07) is 24.2. The number of nitrogens with zero attached hydrogens (tertiary/aromatic N) is 4. The number of rotatable bonds is 10. The van der Waals surface area contributed by atoms with Gasteiger partial charge in [0.15, 0.2) is 0 Å². The van der Waals surface area contributed by atoms with Crippen molar-refractivity contribution in [1.82, 2.24) is 15.1 Å². The normalized spacial score (nSPS) is 21.0. The van der Waals surface area contributed by atoms with Crippen LogP contribution in [0.5, 0.6) is 17.2 Å². The van der Waals surface area contributed by atoms with Crippen LogP contribution in [-0.4, -0.2) is 106 Å². The first kappa shape index (κ1) is 42.1. The lowest BCUT2D eigenvalue weighted by Gasteiger charge is -2.47. The second kappa shape index (κ2) is 18.6. The van der Waals surface area contributed by atoms with Gasteiger partial charge in [0.2, 0.25) is 5.91 Å². The Morgan fingerprint density at radius 1 is 0.967 bits per heavy atom. The van der Waals surface area contributed by atoms with E-state index in [1.165, 1.54) is 5.56 Å². The summed E-state index contributed by atoms with van der Waals surface area (Å²) in [7, 11) is 5.12. The number of carbonyl (C=O) groups is 3. The summed E-state index contributed by atoms with van der Waals surface area (Å²) in [5.74, 6) is 2.29. The first-order valence-electron chi connectivity index (χ1n) is 21.8. The number of phenolic OH excluding ortho intramolecular Hbond substituents is 1. The number of hydrogen-bond donors (Lipinski definition) is 2. The molecule has 322 valence electrons. The number of fused-ring (bicyclic) bond motifs is 5. The highest BCUT2D eigenvalue weighted by Crippen LogP contribution is 2.50. The molecule has 0 aromatic heterocycles. The van der Waals surface area contributed by atoms with E-state index < -0.39 is 0 Å². The molecule has 12 heteroatoms. The molecule has 4 heterocycles. The van der Waals surface area contributed by atoms with E-state index in [1.54, 1.807) is 31.2 Å². The highest BCUT2D eigenvalue weighted by molar-refractivity contribution is 5.99. The number of aromatic hydroxyl groups is 1. The van der Waals surface area contributed by atoms with E-state index in [0.717, 1.165) is 110 Å². The number of nitrogens with one attached hydrogen (secondary N) is 1. The molecule has 11 nitrogen and oxygen atoms in total. The van der Waals surface area contributed by atoms with Gasteiger partial charge in [-0.15, -0.1) is 0 Å². The maximum absolute atomic E-state index is 16.3. The van der Waals surface area contributed by atoms with Crippen LogP contribution < -0.4 is 24.6 Å². The lowest BCUT2D eigenvalue weighted by Crippen LogP contribution is -2.58. The number of hydrogen-bond acceptors (Lipinski definition) is 9. The number of piperazine rings is 1. The molecule has 0 spiro atoms. The molecule has 2 amide bonds. The van der Waals surface area contributed by atoms with Crippen LogP contribution in [0.4, 0.5) is 15.8 Å². The molecule has 4 aromatic rings. The van der Waals surface area contributed by atoms with Crippen molar-refractivity contribution < 1.29 is 33.4 Å². The van der Waals surface area contributed by atoms with E-state index in [0.29, 0.717) is 49.8 Å². The first-order valence-corrected chi connectivity index (χ1v) is 21.8. The van der Waals surface area contributed by atoms with Crippen LogP contribution in [0.25, 0.3) is 0 Å². The summed E-state index contributed by atoms with van der Waals surface area (Å²) in [4.78, 5) is 41.8. The van der Waals surface area contributed by atoms with Crippen LogP contribution >= 0.6 is 0 Å². The minimum Gasteiger partial charge on any atom is -0.508 e. The maximum atomic E-state index is 16.3. The smallest absolute Gasteiger partial charge is 0.254 e. The molecule has 2 saturated heterocycles. The standard InChI is InChI=1S/C43H47FN4O4.C6H11NO2/c1-45-24-30-19-39-41(21-35(30)43(45)50)52-26-31-25-46(16-17-48(31)39)23-27-12-14-47(15-13-27)38-22-40(51-2)36(20-37(38)44)42-33(28-6-4-3-5-7-28)10-8-29-18-32(49)9-11-34(29)42;1-7-6(9)4-2-3-5-8/h3-7,9,11,18-22,27,31,33,42,49H,8,10,12-17,23-26H2,1-2H3;5H,2-4H2,1H3,(H,7,9). The summed E-state index contributed by atoms with van der Waals surface area (Å²) in [6.07, 6.45) is 6.20. The third-order valence-corrected chi connectivity index (χ3v) is 13.4. The topological polar surface area (TPSA) is 115 Å². The highest BCUT2D eigenvalue weighted by atomic mass is 19.1. The van der Waals surface area contributed by atoms with Gasteiger partial charge in [0, 0.05) is 95.9 Å². The average Bonchev–Trinajstić information content (AvgIpc) is 3.56. The molecular formula is C49H58FN5O6. The van der Waals surface area contributed by atoms with Crippen LogP contribution in [0.2, 0.25) is 0 Å². The van der Waals surface area contributed by atoms with Crippen LogP contribution in [0, 0.1) is 11.7 Å².